The molecule has 0 aromatic carbocycles. The van der Waals surface area contributed by atoms with Crippen LogP contribution in [0.5, 0.6) is 0 Å². The predicted octanol–water partition coefficient (Wildman–Crippen LogP) is 1.90. The highest BCUT2D eigenvalue weighted by Crippen LogP contribution is 2.22. The summed E-state index contributed by atoms with van der Waals surface area (Å²) >= 11 is 0. The van der Waals surface area contributed by atoms with Gasteiger partial charge in [-0.25, -0.2) is 0 Å². The summed E-state index contributed by atoms with van der Waals surface area (Å²) in [5.74, 6) is 0.710. The first-order valence-corrected chi connectivity index (χ1v) is 6.80. The van der Waals surface area contributed by atoms with Crippen LogP contribution in [0.2, 0.25) is 0 Å². The lowest BCUT2D eigenvalue weighted by Crippen LogP contribution is -2.53. The normalized spacial score (nSPS) is 30.4. The number of nitrogens with zero attached hydrogens (tertiary/aromatic N) is 1. The lowest BCUT2D eigenvalue weighted by molar-refractivity contribution is 0.0470. The van der Waals surface area contributed by atoms with Gasteiger partial charge in [-0.2, -0.15) is 0 Å². The zero-order chi connectivity index (χ0) is 12.7. The van der Waals surface area contributed by atoms with Gasteiger partial charge in [0.1, 0.15) is 0 Å². The molecule has 17 heavy (non-hydrogen) atoms. The summed E-state index contributed by atoms with van der Waals surface area (Å²) in [4.78, 5) is 2.55. The Balaban J connectivity index is 2.23. The SMILES string of the molecule is C=CCCOCCN1CCC(NC)C(C)C1C. The van der Waals surface area contributed by atoms with E-state index in [1.54, 1.807) is 0 Å². The maximum Gasteiger partial charge on any atom is 0.0593 e. The number of hydrogen-bond acceptors (Lipinski definition) is 3. The molecule has 3 unspecified atom stereocenters. The van der Waals surface area contributed by atoms with Crippen LogP contribution in [0.1, 0.15) is 26.7 Å². The Morgan fingerprint density at radius 2 is 2.18 bits per heavy atom. The zero-order valence-corrected chi connectivity index (χ0v) is 11.6. The second-order valence-electron chi connectivity index (χ2n) is 5.01. The summed E-state index contributed by atoms with van der Waals surface area (Å²) < 4.78 is 5.58. The molecule has 0 spiro atoms. The number of likely N-dealkylation sites (tertiary alicyclic amines) is 1. The van der Waals surface area contributed by atoms with Gasteiger partial charge >= 0.3 is 0 Å². The molecule has 0 aromatic heterocycles. The fourth-order valence-corrected chi connectivity index (χ4v) is 2.61. The molecule has 0 aromatic rings. The van der Waals surface area contributed by atoms with Crippen molar-refractivity contribution in [1.29, 1.82) is 0 Å². The van der Waals surface area contributed by atoms with Crippen molar-refractivity contribution in [3.63, 3.8) is 0 Å². The van der Waals surface area contributed by atoms with E-state index in [2.05, 4.69) is 37.7 Å². The van der Waals surface area contributed by atoms with Gasteiger partial charge in [-0.15, -0.1) is 6.58 Å². The van der Waals surface area contributed by atoms with Crippen LogP contribution in [0.25, 0.3) is 0 Å². The molecule has 0 aliphatic carbocycles. The smallest absolute Gasteiger partial charge is 0.0593 e. The summed E-state index contributed by atoms with van der Waals surface area (Å²) in [6.07, 6.45) is 4.10. The molecule has 1 rings (SSSR count). The standard InChI is InChI=1S/C14H28N2O/c1-5-6-10-17-11-9-16-8-7-14(15-4)12(2)13(16)3/h5,12-15H,1,6-11H2,2-4H3. The molecule has 1 aliphatic heterocycles. The van der Waals surface area contributed by atoms with E-state index >= 15 is 0 Å². The number of rotatable bonds is 7. The maximum atomic E-state index is 5.58. The summed E-state index contributed by atoms with van der Waals surface area (Å²) in [7, 11) is 2.07. The summed E-state index contributed by atoms with van der Waals surface area (Å²) in [5.41, 5.74) is 0. The minimum absolute atomic E-state index is 0.643. The highest BCUT2D eigenvalue weighted by molar-refractivity contribution is 4.87. The van der Waals surface area contributed by atoms with E-state index in [-0.39, 0.29) is 0 Å². The van der Waals surface area contributed by atoms with Crippen molar-refractivity contribution >= 4 is 0 Å². The van der Waals surface area contributed by atoms with Crippen LogP contribution in [-0.4, -0.2) is 50.3 Å². The van der Waals surface area contributed by atoms with Gasteiger partial charge in [0.2, 0.25) is 0 Å². The molecular formula is C14H28N2O. The van der Waals surface area contributed by atoms with Crippen molar-refractivity contribution in [2.24, 2.45) is 5.92 Å². The minimum Gasteiger partial charge on any atom is -0.380 e. The Hall–Kier alpha value is -0.380. The topological polar surface area (TPSA) is 24.5 Å². The highest BCUT2D eigenvalue weighted by atomic mass is 16.5. The summed E-state index contributed by atoms with van der Waals surface area (Å²) in [6, 6.07) is 1.31. The van der Waals surface area contributed by atoms with E-state index in [0.717, 1.165) is 26.2 Å². The number of piperidine rings is 1. The van der Waals surface area contributed by atoms with E-state index < -0.39 is 0 Å². The molecule has 3 heteroatoms. The lowest BCUT2D eigenvalue weighted by Gasteiger charge is -2.42. The van der Waals surface area contributed by atoms with E-state index in [0.29, 0.717) is 18.0 Å². The third kappa shape index (κ3) is 4.41. The Labute approximate surface area is 106 Å². The van der Waals surface area contributed by atoms with Gasteiger partial charge in [-0.05, 0) is 32.7 Å². The molecule has 100 valence electrons. The summed E-state index contributed by atoms with van der Waals surface area (Å²) in [6.45, 7) is 12.3. The van der Waals surface area contributed by atoms with Crippen molar-refractivity contribution in [2.75, 3.05) is 33.4 Å². The number of hydrogen-bond donors (Lipinski definition) is 1. The Morgan fingerprint density at radius 3 is 2.82 bits per heavy atom. The fraction of sp³-hybridized carbons (Fsp3) is 0.857. The first-order valence-electron chi connectivity index (χ1n) is 6.80. The minimum atomic E-state index is 0.643. The molecule has 1 saturated heterocycles. The molecule has 0 amide bonds. The molecule has 1 fully saturated rings. The lowest BCUT2D eigenvalue weighted by atomic mass is 9.87. The first kappa shape index (κ1) is 14.7. The zero-order valence-electron chi connectivity index (χ0n) is 11.6. The maximum absolute atomic E-state index is 5.58. The third-order valence-electron chi connectivity index (χ3n) is 4.06. The van der Waals surface area contributed by atoms with Gasteiger partial charge in [0.05, 0.1) is 13.2 Å². The van der Waals surface area contributed by atoms with E-state index in [9.17, 15) is 0 Å². The van der Waals surface area contributed by atoms with Crippen LogP contribution in [-0.2, 0) is 4.74 Å². The van der Waals surface area contributed by atoms with Gasteiger partial charge in [-0.1, -0.05) is 13.0 Å². The Morgan fingerprint density at radius 1 is 1.41 bits per heavy atom. The van der Waals surface area contributed by atoms with Crippen molar-refractivity contribution in [3.8, 4) is 0 Å². The molecule has 1 N–H and O–H groups in total. The molecule has 3 atom stereocenters. The van der Waals surface area contributed by atoms with E-state index in [1.165, 1.54) is 13.0 Å². The summed E-state index contributed by atoms with van der Waals surface area (Å²) in [5, 5.41) is 3.42. The van der Waals surface area contributed by atoms with Crippen LogP contribution in [0.4, 0.5) is 0 Å². The average molecular weight is 240 g/mol. The molecule has 0 radical (unpaired) electrons. The highest BCUT2D eigenvalue weighted by Gasteiger charge is 2.30. The average Bonchev–Trinajstić information content (AvgIpc) is 2.34. The van der Waals surface area contributed by atoms with Crippen LogP contribution >= 0.6 is 0 Å². The molecule has 0 bridgehead atoms. The number of ether oxygens (including phenoxy) is 1. The van der Waals surface area contributed by atoms with Crippen molar-refractivity contribution in [3.05, 3.63) is 12.7 Å². The van der Waals surface area contributed by atoms with E-state index in [4.69, 9.17) is 4.74 Å². The molecule has 1 aliphatic rings. The predicted molar refractivity (Wildman–Crippen MR) is 73.3 cm³/mol. The van der Waals surface area contributed by atoms with Crippen molar-refractivity contribution in [2.45, 2.75) is 38.8 Å². The van der Waals surface area contributed by atoms with Gasteiger partial charge in [0, 0.05) is 25.2 Å². The van der Waals surface area contributed by atoms with Crippen molar-refractivity contribution < 1.29 is 4.74 Å². The van der Waals surface area contributed by atoms with E-state index in [1.807, 2.05) is 6.08 Å². The van der Waals surface area contributed by atoms with Gasteiger partial charge in [-0.3, -0.25) is 4.90 Å². The Bertz CT molecular complexity index is 220. The Kier molecular flexibility index (Phi) is 6.78. The van der Waals surface area contributed by atoms with Gasteiger partial charge in [0.25, 0.3) is 0 Å². The largest absolute Gasteiger partial charge is 0.380 e. The quantitative estimate of drug-likeness (QED) is 0.543. The van der Waals surface area contributed by atoms with Gasteiger partial charge < -0.3 is 10.1 Å². The number of nitrogens with one attached hydrogen (secondary N) is 1. The molecule has 3 nitrogen and oxygen atoms in total. The van der Waals surface area contributed by atoms with Crippen LogP contribution in [0.3, 0.4) is 0 Å². The second kappa shape index (κ2) is 7.85. The third-order valence-corrected chi connectivity index (χ3v) is 4.06. The second-order valence-corrected chi connectivity index (χ2v) is 5.01. The molecular weight excluding hydrogens is 212 g/mol. The van der Waals surface area contributed by atoms with Crippen LogP contribution < -0.4 is 5.32 Å². The first-order chi connectivity index (χ1) is 8.20. The van der Waals surface area contributed by atoms with Gasteiger partial charge in [0.15, 0.2) is 0 Å². The fourth-order valence-electron chi connectivity index (χ4n) is 2.61. The van der Waals surface area contributed by atoms with Crippen molar-refractivity contribution in [1.82, 2.24) is 10.2 Å². The molecule has 0 saturated carbocycles. The van der Waals surface area contributed by atoms with Crippen LogP contribution in [0, 0.1) is 5.92 Å². The molecule has 1 heterocycles. The monoisotopic (exact) mass is 240 g/mol. The van der Waals surface area contributed by atoms with Crippen LogP contribution in [0.15, 0.2) is 12.7 Å².